The van der Waals surface area contributed by atoms with Gasteiger partial charge in [0.05, 0.1) is 14.2 Å². The van der Waals surface area contributed by atoms with Crippen molar-refractivity contribution >= 4 is 29.4 Å². The summed E-state index contributed by atoms with van der Waals surface area (Å²) in [6.45, 7) is 15.4. The van der Waals surface area contributed by atoms with Crippen molar-refractivity contribution in [3.63, 3.8) is 0 Å². The topological polar surface area (TPSA) is 202 Å². The van der Waals surface area contributed by atoms with E-state index in [0.717, 1.165) is 16.7 Å². The first-order chi connectivity index (χ1) is 33.6. The first kappa shape index (κ1) is 54.2. The van der Waals surface area contributed by atoms with Crippen molar-refractivity contribution in [2.45, 2.75) is 107 Å². The molecule has 71 heavy (non-hydrogen) atoms. The number of aromatic amines is 2. The van der Waals surface area contributed by atoms with E-state index < -0.39 is 91.5 Å². The van der Waals surface area contributed by atoms with Crippen LogP contribution >= 0.6 is 5.96 Å². The molecule has 2 saturated heterocycles. The number of aromatic nitrogens is 4. The Morgan fingerprint density at radius 1 is 0.648 bits per heavy atom. The van der Waals surface area contributed by atoms with E-state index in [1.165, 1.54) is 35.7 Å². The Bertz CT molecular complexity index is 2880. The van der Waals surface area contributed by atoms with Gasteiger partial charge >= 0.3 is 409 Å². The van der Waals surface area contributed by atoms with Crippen molar-refractivity contribution in [3.8, 4) is 11.5 Å². The normalized spacial score (nSPS) is 23.7. The molecule has 2 aliphatic heterocycles. The van der Waals surface area contributed by atoms with Crippen molar-refractivity contribution in [1.29, 1.82) is 0 Å². The van der Waals surface area contributed by atoms with Crippen molar-refractivity contribution in [1.82, 2.24) is 19.1 Å². The number of H-pyrrole nitrogens is 2. The summed E-state index contributed by atoms with van der Waals surface area (Å²) in [6, 6.07) is 25.0. The van der Waals surface area contributed by atoms with Crippen LogP contribution in [-0.4, -0.2) is 127 Å². The van der Waals surface area contributed by atoms with Crippen LogP contribution in [0.1, 0.15) is 61.0 Å². The van der Waals surface area contributed by atoms with Gasteiger partial charge in [0.15, 0.2) is 0 Å². The first-order valence-electron chi connectivity index (χ1n) is 23.2. The Balaban J connectivity index is 1.27. The molecule has 2 N–H and O–H groups in total. The minimum atomic E-state index is -3.08. The molecular weight excluding hydrogens is 1020 g/mol. The maximum absolute atomic E-state index is 13.6. The van der Waals surface area contributed by atoms with E-state index in [9.17, 15) is 19.2 Å². The number of methoxy groups -OCH3 is 4. The van der Waals surface area contributed by atoms with Crippen LogP contribution in [0.5, 0.6) is 11.5 Å². The second-order valence-electron chi connectivity index (χ2n) is 19.3. The zero-order valence-corrected chi connectivity index (χ0v) is 45.8. The molecule has 0 radical (unpaired) electrons. The van der Waals surface area contributed by atoms with Gasteiger partial charge in [-0.1, -0.05) is 0 Å². The number of rotatable bonds is 19. The Labute approximate surface area is 421 Å². The van der Waals surface area contributed by atoms with Crippen LogP contribution in [-0.2, 0) is 42.8 Å². The fourth-order valence-electron chi connectivity index (χ4n) is 8.71. The molecule has 0 aliphatic carbocycles. The molecule has 21 heteroatoms. The van der Waals surface area contributed by atoms with Gasteiger partial charge in [-0.15, -0.1) is 0 Å². The van der Waals surface area contributed by atoms with Crippen LogP contribution in [0, 0.1) is 13.8 Å². The predicted molar refractivity (Wildman–Crippen MR) is 271 cm³/mol. The molecule has 3 aromatic carbocycles. The van der Waals surface area contributed by atoms with Gasteiger partial charge in [-0.25, -0.2) is 0 Å². The fraction of sp³-hybridized carbons (Fsp3) is 0.480. The predicted octanol–water partition coefficient (Wildman–Crippen LogP) is 5.91. The molecule has 18 nitrogen and oxygen atoms in total. The summed E-state index contributed by atoms with van der Waals surface area (Å²) in [7, 11) is 3.70. The Kier molecular flexibility index (Phi) is 16.7. The molecule has 2 fully saturated rings. The summed E-state index contributed by atoms with van der Waals surface area (Å²) in [5.41, 5.74) is -0.697. The van der Waals surface area contributed by atoms with Crippen LogP contribution in [0.4, 0.5) is 0 Å². The van der Waals surface area contributed by atoms with E-state index in [0.29, 0.717) is 17.1 Å². The van der Waals surface area contributed by atoms with Crippen LogP contribution < -0.4 is 32.0 Å². The molecule has 7 rings (SSSR count). The van der Waals surface area contributed by atoms with E-state index >= 15 is 0 Å². The standard InChI is InChI=1S/C50H65N4O14PSeSi/c1-30-26-53(47(57)51-43(30)55)45-41(61-8)39(37(65-45)28-63-50(32-16-14-13-15-17-32,33-18-22-35(59-6)23-19-33)34-20-24-36(60-7)25-21-34)67-69(10,70)64-29-38-40(68-71(11,12)49(3,4)5)42(62-9)46(66-38)54-27-31(2)44(56)52-48(54)58/h13-27,37-42,45-46H,28-29H2,1-12H3,(H,51,55,57)(H,52,56,58)/t37-,38-,39-,40-,41-,42-,45-,46-,69?/m1/s1. The van der Waals surface area contributed by atoms with Crippen molar-refractivity contribution < 1.29 is 46.6 Å². The third-order valence-corrected chi connectivity index (χ3v) is 20.5. The van der Waals surface area contributed by atoms with Crippen molar-refractivity contribution in [3.05, 3.63) is 161 Å². The summed E-state index contributed by atoms with van der Waals surface area (Å²) in [4.78, 5) is 56.7. The van der Waals surface area contributed by atoms with E-state index in [1.807, 2.05) is 78.9 Å². The minimum absolute atomic E-state index is 0.0789. The first-order valence-corrected chi connectivity index (χ1v) is 30.3. The monoisotopic (exact) mass is 1080 g/mol. The second-order valence-corrected chi connectivity index (χ2v) is 30.2. The molecule has 0 bridgehead atoms. The zero-order valence-electron chi connectivity index (χ0n) is 42.2. The molecule has 2 aliphatic rings. The van der Waals surface area contributed by atoms with Gasteiger partial charge in [-0.2, -0.15) is 0 Å². The molecular formula is C50H65N4O14PSeSi. The Morgan fingerprint density at radius 3 is 1.52 bits per heavy atom. The fourth-order valence-corrected chi connectivity index (χ4v) is 12.2. The van der Waals surface area contributed by atoms with Crippen molar-refractivity contribution in [2.24, 2.45) is 0 Å². The number of nitrogens with one attached hydrogen (secondary N) is 2. The summed E-state index contributed by atoms with van der Waals surface area (Å²) >= 11 is 3.16. The SMILES string of the molecule is COc1ccc(C(OC[C@H]2O[C@@H](n3cc(C)c(=O)[nH]c3=O)[C@H](OC)[C@@H]2OP(C)(=[Se])OC[C@H]2O[C@@H](n3cc(C)c(=O)[nH]c3=O)[C@H](OC)[C@@H]2O[Si](C)(C)C(C)(C)C)(c2ccccc2)c2ccc(OC)cc2)cc1. The van der Waals surface area contributed by atoms with E-state index in [4.69, 9.17) is 46.6 Å². The van der Waals surface area contributed by atoms with Gasteiger partial charge in [-0.3, -0.25) is 0 Å². The van der Waals surface area contributed by atoms with Gasteiger partial charge in [-0.05, 0) is 0 Å². The number of aryl methyl sites for hydroxylation is 2. The third-order valence-electron chi connectivity index (χ3n) is 13.6. The van der Waals surface area contributed by atoms with E-state index in [-0.39, 0.29) is 23.8 Å². The summed E-state index contributed by atoms with van der Waals surface area (Å²) in [5.74, 6) is -1.77. The Morgan fingerprint density at radius 2 is 1.08 bits per heavy atom. The third kappa shape index (κ3) is 11.3. The summed E-state index contributed by atoms with van der Waals surface area (Å²) in [5, 5.41) is -0.209. The number of ether oxygens (including phenoxy) is 7. The average molecular weight is 1080 g/mol. The molecule has 0 amide bonds. The molecule has 1 unspecified atom stereocenters. The number of hydrogen-bond donors (Lipinski definition) is 2. The van der Waals surface area contributed by atoms with Crippen molar-refractivity contribution in [2.75, 3.05) is 48.3 Å². The molecule has 5 aromatic rings. The maximum atomic E-state index is 13.6. The number of nitrogens with zero attached hydrogens (tertiary/aromatic N) is 2. The molecule has 384 valence electrons. The quantitative estimate of drug-likeness (QED) is 0.0562. The molecule has 2 aromatic heterocycles. The van der Waals surface area contributed by atoms with Crippen LogP contribution in [0.2, 0.25) is 18.1 Å². The zero-order chi connectivity index (χ0) is 51.6. The van der Waals surface area contributed by atoms with Crippen LogP contribution in [0.25, 0.3) is 0 Å². The van der Waals surface area contributed by atoms with Gasteiger partial charge in [0.2, 0.25) is 0 Å². The average Bonchev–Trinajstić information content (AvgIpc) is 3.86. The van der Waals surface area contributed by atoms with Crippen LogP contribution in [0.15, 0.2) is 110 Å². The second kappa shape index (κ2) is 21.9. The van der Waals surface area contributed by atoms with E-state index in [2.05, 4.69) is 58.9 Å². The Hall–Kier alpha value is -4.53. The molecule has 4 heterocycles. The molecule has 9 atom stereocenters. The molecule has 0 spiro atoms. The molecule has 0 saturated carbocycles. The van der Waals surface area contributed by atoms with Gasteiger partial charge in [0.1, 0.15) is 0 Å². The number of hydrogen-bond acceptors (Lipinski definition) is 14. The van der Waals surface area contributed by atoms with Crippen LogP contribution in [0.3, 0.4) is 0 Å². The van der Waals surface area contributed by atoms with Gasteiger partial charge in [0, 0.05) is 0 Å². The van der Waals surface area contributed by atoms with Gasteiger partial charge < -0.3 is 0 Å². The summed E-state index contributed by atoms with van der Waals surface area (Å²) < 4.78 is 67.6. The summed E-state index contributed by atoms with van der Waals surface area (Å²) in [6.07, 6.45) is -4.34. The van der Waals surface area contributed by atoms with Gasteiger partial charge in [0.25, 0.3) is 0 Å². The van der Waals surface area contributed by atoms with E-state index in [1.54, 1.807) is 34.7 Å². The number of benzene rings is 3.